The molecule has 0 atom stereocenters. The first-order valence-corrected chi connectivity index (χ1v) is 13.2. The Bertz CT molecular complexity index is 1340. The summed E-state index contributed by atoms with van der Waals surface area (Å²) in [7, 11) is -2.90. The van der Waals surface area contributed by atoms with Crippen LogP contribution in [0.1, 0.15) is 6.42 Å². The van der Waals surface area contributed by atoms with E-state index in [1.54, 1.807) is 24.4 Å². The maximum absolute atomic E-state index is 14.4. The summed E-state index contributed by atoms with van der Waals surface area (Å²) in [6.07, 6.45) is 2.29. The van der Waals surface area contributed by atoms with Gasteiger partial charge >= 0.3 is 0 Å². The Morgan fingerprint density at radius 1 is 1.03 bits per heavy atom. The molecule has 0 unspecified atom stereocenters. The van der Waals surface area contributed by atoms with Gasteiger partial charge in [0.1, 0.15) is 19.0 Å². The lowest BCUT2D eigenvalue weighted by molar-refractivity contribution is 0.162. The van der Waals surface area contributed by atoms with Crippen LogP contribution in [0.3, 0.4) is 0 Å². The first kappa shape index (κ1) is 23.4. The van der Waals surface area contributed by atoms with Gasteiger partial charge in [-0.05, 0) is 24.6 Å². The van der Waals surface area contributed by atoms with E-state index in [1.165, 1.54) is 12.1 Å². The van der Waals surface area contributed by atoms with Gasteiger partial charge in [0.15, 0.2) is 32.9 Å². The molecule has 2 aromatic carbocycles. The van der Waals surface area contributed by atoms with Crippen LogP contribution in [-0.4, -0.2) is 69.3 Å². The summed E-state index contributed by atoms with van der Waals surface area (Å²) in [5.74, 6) is 1.60. The molecule has 0 spiro atoms. The second-order valence-electron chi connectivity index (χ2n) is 8.42. The largest absolute Gasteiger partial charge is 0.489 e. The van der Waals surface area contributed by atoms with Crippen molar-refractivity contribution in [1.82, 2.24) is 9.88 Å². The predicted octanol–water partition coefficient (Wildman–Crippen LogP) is 3.02. The second kappa shape index (κ2) is 9.74. The van der Waals surface area contributed by atoms with Crippen molar-refractivity contribution in [3.05, 3.63) is 42.3 Å². The van der Waals surface area contributed by atoms with Crippen molar-refractivity contribution < 1.29 is 31.8 Å². The minimum atomic E-state index is -2.90. The molecule has 3 aromatic rings. The monoisotopic (exact) mass is 503 g/mol. The van der Waals surface area contributed by atoms with Gasteiger partial charge in [0, 0.05) is 43.7 Å². The molecule has 0 bridgehead atoms. The summed E-state index contributed by atoms with van der Waals surface area (Å²) in [6, 6.07) is 7.61. The molecule has 11 heteroatoms. The summed E-state index contributed by atoms with van der Waals surface area (Å²) >= 11 is 0. The van der Waals surface area contributed by atoms with Crippen molar-refractivity contribution in [2.45, 2.75) is 6.42 Å². The van der Waals surface area contributed by atoms with E-state index in [1.807, 2.05) is 0 Å². The number of hydrogen-bond acceptors (Lipinski definition) is 9. The highest BCUT2D eigenvalue weighted by Crippen LogP contribution is 2.48. The Morgan fingerprint density at radius 3 is 2.57 bits per heavy atom. The van der Waals surface area contributed by atoms with Crippen molar-refractivity contribution >= 4 is 26.4 Å². The van der Waals surface area contributed by atoms with Gasteiger partial charge in [0.05, 0.1) is 29.0 Å². The molecule has 0 saturated carbocycles. The van der Waals surface area contributed by atoms with Gasteiger partial charge < -0.3 is 29.6 Å². The predicted molar refractivity (Wildman–Crippen MR) is 129 cm³/mol. The first-order chi connectivity index (χ1) is 16.9. The number of benzene rings is 2. The number of halogens is 1. The minimum Gasteiger partial charge on any atom is -0.489 e. The van der Waals surface area contributed by atoms with Crippen molar-refractivity contribution in [3.8, 4) is 28.7 Å². The molecule has 0 aliphatic carbocycles. The van der Waals surface area contributed by atoms with Gasteiger partial charge in [0.25, 0.3) is 0 Å². The van der Waals surface area contributed by atoms with Gasteiger partial charge in [-0.2, -0.15) is 0 Å². The van der Waals surface area contributed by atoms with Gasteiger partial charge in [-0.3, -0.25) is 4.98 Å². The van der Waals surface area contributed by atoms with E-state index in [2.05, 4.69) is 9.88 Å². The average molecular weight is 504 g/mol. The fourth-order valence-corrected chi connectivity index (χ4v) is 5.41. The van der Waals surface area contributed by atoms with E-state index in [0.717, 1.165) is 13.0 Å². The third-order valence-electron chi connectivity index (χ3n) is 5.93. The molecule has 5 rings (SSSR count). The Hall–Kier alpha value is -3.31. The van der Waals surface area contributed by atoms with Crippen molar-refractivity contribution in [2.24, 2.45) is 0 Å². The number of sulfone groups is 1. The molecule has 1 saturated heterocycles. The number of rotatable bonds is 7. The topological polar surface area (TPSA) is 113 Å². The number of anilines is 1. The number of pyridine rings is 1. The molecule has 2 aliphatic rings. The fraction of sp³-hybridized carbons (Fsp3) is 0.375. The van der Waals surface area contributed by atoms with E-state index in [4.69, 9.17) is 24.7 Å². The number of nitrogens with two attached hydrogens (primary N) is 1. The molecule has 1 aromatic heterocycles. The molecule has 1 fully saturated rings. The molecule has 186 valence electrons. The Balaban J connectivity index is 1.35. The lowest BCUT2D eigenvalue weighted by Gasteiger charge is -2.26. The molecule has 9 nitrogen and oxygen atoms in total. The third-order valence-corrected chi connectivity index (χ3v) is 7.54. The first-order valence-electron chi connectivity index (χ1n) is 11.4. The zero-order valence-corrected chi connectivity index (χ0v) is 19.9. The molecule has 35 heavy (non-hydrogen) atoms. The maximum atomic E-state index is 14.4. The van der Waals surface area contributed by atoms with Gasteiger partial charge in [-0.25, -0.2) is 12.8 Å². The summed E-state index contributed by atoms with van der Waals surface area (Å²) < 4.78 is 61.2. The molecule has 0 radical (unpaired) electrons. The van der Waals surface area contributed by atoms with Gasteiger partial charge in [-0.1, -0.05) is 0 Å². The highest BCUT2D eigenvalue weighted by Gasteiger charge is 2.25. The summed E-state index contributed by atoms with van der Waals surface area (Å²) in [4.78, 5) is 6.56. The molecule has 3 heterocycles. The van der Waals surface area contributed by atoms with Crippen LogP contribution in [-0.2, 0) is 9.84 Å². The lowest BCUT2D eigenvalue weighted by Crippen LogP contribution is -2.40. The van der Waals surface area contributed by atoms with E-state index in [0.29, 0.717) is 72.5 Å². The van der Waals surface area contributed by atoms with E-state index in [-0.39, 0.29) is 17.3 Å². The van der Waals surface area contributed by atoms with Gasteiger partial charge in [-0.15, -0.1) is 0 Å². The minimum absolute atomic E-state index is 0.0306. The summed E-state index contributed by atoms with van der Waals surface area (Å²) in [5, 5.41) is 0.556. The fourth-order valence-electron chi connectivity index (χ4n) is 4.13. The highest BCUT2D eigenvalue weighted by atomic mass is 32.2. The standard InChI is InChI=1S/C24H26FN3O6S/c25-17-14-16(26)2-3-19(17)34-20-4-5-27-18-15-21(23-24(22(18)20)33-11-10-32-23)31-9-1-6-28-7-12-35(29,30)13-8-28/h2-5,14-15H,1,6-13,26H2. The third kappa shape index (κ3) is 5.20. The van der Waals surface area contributed by atoms with Gasteiger partial charge in [0.2, 0.25) is 5.75 Å². The van der Waals surface area contributed by atoms with Crippen LogP contribution >= 0.6 is 0 Å². The quantitative estimate of drug-likeness (QED) is 0.384. The summed E-state index contributed by atoms with van der Waals surface area (Å²) in [6.45, 7) is 2.95. The number of ether oxygens (including phenoxy) is 4. The molecule has 0 amide bonds. The Labute approximate surface area is 202 Å². The van der Waals surface area contributed by atoms with Crippen LogP contribution in [0.4, 0.5) is 10.1 Å². The summed E-state index contributed by atoms with van der Waals surface area (Å²) in [5.41, 5.74) is 6.50. The van der Waals surface area contributed by atoms with Crippen molar-refractivity contribution in [1.29, 1.82) is 0 Å². The Kier molecular flexibility index (Phi) is 6.52. The van der Waals surface area contributed by atoms with E-state index < -0.39 is 15.7 Å². The smallest absolute Gasteiger partial charge is 0.204 e. The maximum Gasteiger partial charge on any atom is 0.204 e. The van der Waals surface area contributed by atoms with Crippen molar-refractivity contribution in [2.75, 3.05) is 56.7 Å². The zero-order chi connectivity index (χ0) is 24.4. The molecular formula is C24H26FN3O6S. The number of nitrogen functional groups attached to an aromatic ring is 1. The lowest BCUT2D eigenvalue weighted by atomic mass is 10.1. The highest BCUT2D eigenvalue weighted by molar-refractivity contribution is 7.91. The molecule has 2 N–H and O–H groups in total. The second-order valence-corrected chi connectivity index (χ2v) is 10.7. The van der Waals surface area contributed by atoms with Crippen LogP contribution in [0.2, 0.25) is 0 Å². The zero-order valence-electron chi connectivity index (χ0n) is 19.0. The van der Waals surface area contributed by atoms with E-state index >= 15 is 0 Å². The average Bonchev–Trinajstić information content (AvgIpc) is 2.84. The normalized spacial score (nSPS) is 17.3. The number of fused-ring (bicyclic) bond motifs is 3. The SMILES string of the molecule is Nc1ccc(Oc2ccnc3cc(OCCCN4CCS(=O)(=O)CC4)c4c(c23)OCCO4)c(F)c1. The Morgan fingerprint density at radius 2 is 1.80 bits per heavy atom. The van der Waals surface area contributed by atoms with E-state index in [9.17, 15) is 12.8 Å². The van der Waals surface area contributed by atoms with Crippen LogP contribution in [0.5, 0.6) is 28.7 Å². The van der Waals surface area contributed by atoms with Crippen LogP contribution in [0.15, 0.2) is 36.5 Å². The van der Waals surface area contributed by atoms with Crippen molar-refractivity contribution in [3.63, 3.8) is 0 Å². The van der Waals surface area contributed by atoms with Crippen LogP contribution in [0.25, 0.3) is 10.9 Å². The van der Waals surface area contributed by atoms with Crippen LogP contribution in [0, 0.1) is 5.82 Å². The number of hydrogen-bond donors (Lipinski definition) is 1. The molecule has 2 aliphatic heterocycles. The number of aromatic nitrogens is 1. The number of nitrogens with zero attached hydrogens (tertiary/aromatic N) is 2. The molecular weight excluding hydrogens is 477 g/mol. The van der Waals surface area contributed by atoms with Crippen LogP contribution < -0.4 is 24.7 Å².